The maximum Gasteiger partial charge on any atom is 0.278 e. The topological polar surface area (TPSA) is 60.0 Å². The Morgan fingerprint density at radius 1 is 0.844 bits per heavy atom. The number of likely N-dealkylation sites (tertiary alicyclic amines) is 1. The predicted octanol–water partition coefficient (Wildman–Crippen LogP) is 5.25. The molecule has 2 aromatic carbocycles. The van der Waals surface area contributed by atoms with Crippen molar-refractivity contribution in [2.45, 2.75) is 46.2 Å². The van der Waals surface area contributed by atoms with E-state index in [4.69, 9.17) is 9.62 Å². The second kappa shape index (κ2) is 9.09. The van der Waals surface area contributed by atoms with Crippen LogP contribution in [0, 0.1) is 13.8 Å². The summed E-state index contributed by atoms with van der Waals surface area (Å²) in [6, 6.07) is 19.0. The number of aryl methyl sites for hydroxylation is 2. The average molecular weight is 428 g/mol. The van der Waals surface area contributed by atoms with E-state index in [9.17, 15) is 0 Å². The van der Waals surface area contributed by atoms with Crippen molar-refractivity contribution in [2.24, 2.45) is 0 Å². The second-order valence-corrected chi connectivity index (χ2v) is 8.77. The highest BCUT2D eigenvalue weighted by Gasteiger charge is 2.16. The molecule has 164 valence electrons. The molecule has 6 heteroatoms. The van der Waals surface area contributed by atoms with Gasteiger partial charge >= 0.3 is 0 Å². The van der Waals surface area contributed by atoms with Gasteiger partial charge in [-0.2, -0.15) is 10.1 Å². The third-order valence-corrected chi connectivity index (χ3v) is 6.15. The molecule has 0 aliphatic carbocycles. The van der Waals surface area contributed by atoms with E-state index >= 15 is 0 Å². The van der Waals surface area contributed by atoms with Gasteiger partial charge in [0.1, 0.15) is 0 Å². The van der Waals surface area contributed by atoms with E-state index in [1.54, 1.807) is 0 Å². The first-order chi connectivity index (χ1) is 15.6. The number of aromatic nitrogens is 4. The van der Waals surface area contributed by atoms with Gasteiger partial charge in [-0.1, -0.05) is 65.7 Å². The third kappa shape index (κ3) is 4.65. The van der Waals surface area contributed by atoms with Gasteiger partial charge < -0.3 is 4.52 Å². The molecule has 0 radical (unpaired) electrons. The molecule has 1 aliphatic rings. The fourth-order valence-electron chi connectivity index (χ4n) is 4.22. The Morgan fingerprint density at radius 3 is 2.28 bits per heavy atom. The Hall–Kier alpha value is -3.25. The van der Waals surface area contributed by atoms with Crippen LogP contribution >= 0.6 is 0 Å². The highest BCUT2D eigenvalue weighted by atomic mass is 16.5. The smallest absolute Gasteiger partial charge is 0.278 e. The summed E-state index contributed by atoms with van der Waals surface area (Å²) in [7, 11) is 0. The lowest BCUT2D eigenvalue weighted by Gasteiger charge is -2.26. The molecule has 0 spiro atoms. The summed E-state index contributed by atoms with van der Waals surface area (Å²) in [6.45, 7) is 8.26. The molecule has 0 N–H and O–H groups in total. The van der Waals surface area contributed by atoms with Gasteiger partial charge in [0.15, 0.2) is 5.69 Å². The number of nitrogens with zero attached hydrogens (tertiary/aromatic N) is 5. The minimum absolute atomic E-state index is 0.447. The number of piperidine rings is 1. The minimum Gasteiger partial charge on any atom is -0.332 e. The van der Waals surface area contributed by atoms with Crippen LogP contribution in [-0.2, 0) is 13.1 Å². The van der Waals surface area contributed by atoms with Gasteiger partial charge in [0.25, 0.3) is 5.89 Å². The summed E-state index contributed by atoms with van der Waals surface area (Å²) in [5.41, 5.74) is 6.51. The van der Waals surface area contributed by atoms with E-state index in [0.29, 0.717) is 24.0 Å². The lowest BCUT2D eigenvalue weighted by Crippen LogP contribution is -2.28. The molecule has 0 saturated carbocycles. The first-order valence-corrected chi connectivity index (χ1v) is 11.4. The standard InChI is InChI=1S/C26H29N5O/c1-19-6-8-22(9-7-19)18-31-20(2)16-24(28-31)26-27-25(29-32-26)23-12-10-21(11-13-23)17-30-14-4-3-5-15-30/h6-13,16H,3-5,14-15,17-18H2,1-2H3. The minimum atomic E-state index is 0.447. The number of hydrogen-bond acceptors (Lipinski definition) is 5. The van der Waals surface area contributed by atoms with Gasteiger partial charge in [-0.3, -0.25) is 9.58 Å². The second-order valence-electron chi connectivity index (χ2n) is 8.77. The zero-order chi connectivity index (χ0) is 21.9. The summed E-state index contributed by atoms with van der Waals surface area (Å²) in [6.07, 6.45) is 3.98. The molecule has 0 amide bonds. The lowest BCUT2D eigenvalue weighted by atomic mass is 10.1. The van der Waals surface area contributed by atoms with Crippen molar-refractivity contribution >= 4 is 0 Å². The maximum atomic E-state index is 5.55. The summed E-state index contributed by atoms with van der Waals surface area (Å²) < 4.78 is 7.52. The highest BCUT2D eigenvalue weighted by Crippen LogP contribution is 2.23. The monoisotopic (exact) mass is 427 g/mol. The van der Waals surface area contributed by atoms with Crippen LogP contribution in [0.4, 0.5) is 0 Å². The molecule has 0 bridgehead atoms. The fourth-order valence-corrected chi connectivity index (χ4v) is 4.22. The molecule has 4 aromatic rings. The fraction of sp³-hybridized carbons (Fsp3) is 0.346. The number of benzene rings is 2. The van der Waals surface area contributed by atoms with Crippen LogP contribution in [-0.4, -0.2) is 37.9 Å². The van der Waals surface area contributed by atoms with Crippen molar-refractivity contribution in [1.29, 1.82) is 0 Å². The van der Waals surface area contributed by atoms with E-state index in [0.717, 1.165) is 17.8 Å². The van der Waals surface area contributed by atoms with Crippen LogP contribution < -0.4 is 0 Å². The van der Waals surface area contributed by atoms with Crippen molar-refractivity contribution in [1.82, 2.24) is 24.8 Å². The number of rotatable bonds is 6. The number of hydrogen-bond donors (Lipinski definition) is 0. The quantitative estimate of drug-likeness (QED) is 0.421. The maximum absolute atomic E-state index is 5.55. The molecule has 0 atom stereocenters. The van der Waals surface area contributed by atoms with Crippen LogP contribution in [0.2, 0.25) is 0 Å². The third-order valence-electron chi connectivity index (χ3n) is 6.15. The van der Waals surface area contributed by atoms with Crippen LogP contribution in [0.15, 0.2) is 59.1 Å². The van der Waals surface area contributed by atoms with E-state index in [1.807, 2.05) is 17.7 Å². The SMILES string of the molecule is Cc1ccc(Cn2nc(-c3nc(-c4ccc(CN5CCCCC5)cc4)no3)cc2C)cc1. The Bertz CT molecular complexity index is 1170. The highest BCUT2D eigenvalue weighted by molar-refractivity contribution is 5.58. The van der Waals surface area contributed by atoms with E-state index in [-0.39, 0.29) is 0 Å². The van der Waals surface area contributed by atoms with Gasteiger partial charge in [0, 0.05) is 17.8 Å². The Labute approximate surface area is 188 Å². The molecule has 32 heavy (non-hydrogen) atoms. The van der Waals surface area contributed by atoms with Gasteiger partial charge in [0.05, 0.1) is 6.54 Å². The largest absolute Gasteiger partial charge is 0.332 e. The Balaban J connectivity index is 1.28. The molecule has 5 rings (SSSR count). The summed E-state index contributed by atoms with van der Waals surface area (Å²) in [5, 5.41) is 8.89. The Morgan fingerprint density at radius 2 is 1.53 bits per heavy atom. The normalized spacial score (nSPS) is 14.7. The lowest BCUT2D eigenvalue weighted by molar-refractivity contribution is 0.221. The summed E-state index contributed by atoms with van der Waals surface area (Å²) >= 11 is 0. The molecule has 3 heterocycles. The van der Waals surface area contributed by atoms with E-state index < -0.39 is 0 Å². The van der Waals surface area contributed by atoms with Crippen molar-refractivity contribution in [3.05, 3.63) is 77.0 Å². The summed E-state index contributed by atoms with van der Waals surface area (Å²) in [5.74, 6) is 1.04. The van der Waals surface area contributed by atoms with Gasteiger partial charge in [-0.25, -0.2) is 0 Å². The van der Waals surface area contributed by atoms with Crippen LogP contribution in [0.5, 0.6) is 0 Å². The van der Waals surface area contributed by atoms with E-state index in [2.05, 4.69) is 70.5 Å². The molecule has 0 unspecified atom stereocenters. The molecule has 1 aliphatic heterocycles. The van der Waals surface area contributed by atoms with Gasteiger partial charge in [0.2, 0.25) is 5.82 Å². The van der Waals surface area contributed by atoms with Crippen LogP contribution in [0.25, 0.3) is 23.0 Å². The van der Waals surface area contributed by atoms with Gasteiger partial charge in [-0.05, 0) is 57.0 Å². The molecular formula is C26H29N5O. The van der Waals surface area contributed by atoms with Crippen LogP contribution in [0.1, 0.15) is 41.6 Å². The zero-order valence-electron chi connectivity index (χ0n) is 18.8. The molecule has 6 nitrogen and oxygen atoms in total. The van der Waals surface area contributed by atoms with Crippen molar-refractivity contribution in [3.63, 3.8) is 0 Å². The van der Waals surface area contributed by atoms with Gasteiger partial charge in [-0.15, -0.1) is 0 Å². The summed E-state index contributed by atoms with van der Waals surface area (Å²) in [4.78, 5) is 7.13. The van der Waals surface area contributed by atoms with Crippen molar-refractivity contribution < 1.29 is 4.52 Å². The van der Waals surface area contributed by atoms with Crippen LogP contribution in [0.3, 0.4) is 0 Å². The van der Waals surface area contributed by atoms with E-state index in [1.165, 1.54) is 49.0 Å². The molecule has 2 aromatic heterocycles. The first-order valence-electron chi connectivity index (χ1n) is 11.4. The molecule has 1 fully saturated rings. The van der Waals surface area contributed by atoms with Crippen molar-refractivity contribution in [3.8, 4) is 23.0 Å². The Kier molecular flexibility index (Phi) is 5.86. The molecule has 1 saturated heterocycles. The molecular weight excluding hydrogens is 398 g/mol. The van der Waals surface area contributed by atoms with Crippen molar-refractivity contribution in [2.75, 3.05) is 13.1 Å². The predicted molar refractivity (Wildman–Crippen MR) is 125 cm³/mol. The zero-order valence-corrected chi connectivity index (χ0v) is 18.8. The average Bonchev–Trinajstić information content (AvgIpc) is 3.44. The first kappa shape index (κ1) is 20.6.